The Morgan fingerprint density at radius 3 is 2.09 bits per heavy atom. The number of aliphatic carboxylic acids is 1. The van der Waals surface area contributed by atoms with E-state index in [0.29, 0.717) is 12.8 Å². The normalized spacial score (nSPS) is 19.3. The van der Waals surface area contributed by atoms with Crippen molar-refractivity contribution >= 4 is 18.0 Å². The third kappa shape index (κ3) is 3.31. The Morgan fingerprint density at radius 1 is 1.00 bits per heavy atom. The van der Waals surface area contributed by atoms with Gasteiger partial charge in [-0.3, -0.25) is 4.79 Å². The zero-order chi connectivity index (χ0) is 22.5. The van der Waals surface area contributed by atoms with Gasteiger partial charge in [0, 0.05) is 12.5 Å². The van der Waals surface area contributed by atoms with E-state index in [-0.39, 0.29) is 38.1 Å². The summed E-state index contributed by atoms with van der Waals surface area (Å²) in [6, 6.07) is 16.2. The summed E-state index contributed by atoms with van der Waals surface area (Å²) in [5.41, 5.74) is 1.95. The standard InChI is InChI=1S/C24H24N2O6/c27-20(26-13-24(31,14-26)21(28)29)23(9-10-23)12-25-22(30)32-11-19-17-7-3-1-5-15(17)16-6-2-4-8-18(16)19/h1-8,19,31H,9-14H2,(H,25,30)(H,28,29). The molecule has 0 atom stereocenters. The van der Waals surface area contributed by atoms with Gasteiger partial charge in [-0.25, -0.2) is 9.59 Å². The van der Waals surface area contributed by atoms with E-state index in [4.69, 9.17) is 9.84 Å². The van der Waals surface area contributed by atoms with Crippen LogP contribution < -0.4 is 5.32 Å². The molecule has 5 rings (SSSR count). The zero-order valence-corrected chi connectivity index (χ0v) is 17.4. The molecule has 0 aromatic heterocycles. The van der Waals surface area contributed by atoms with Crippen molar-refractivity contribution in [2.24, 2.45) is 5.41 Å². The number of aliphatic hydroxyl groups is 1. The van der Waals surface area contributed by atoms with Crippen LogP contribution in [-0.2, 0) is 14.3 Å². The predicted molar refractivity (Wildman–Crippen MR) is 114 cm³/mol. The van der Waals surface area contributed by atoms with Crippen LogP contribution in [0.25, 0.3) is 11.1 Å². The number of amides is 2. The second-order valence-corrected chi connectivity index (χ2v) is 8.96. The van der Waals surface area contributed by atoms with Crippen molar-refractivity contribution in [3.63, 3.8) is 0 Å². The van der Waals surface area contributed by atoms with Gasteiger partial charge < -0.3 is 25.2 Å². The molecule has 1 saturated heterocycles. The molecule has 166 valence electrons. The predicted octanol–water partition coefficient (Wildman–Crippen LogP) is 1.96. The Bertz CT molecular complexity index is 1060. The molecule has 32 heavy (non-hydrogen) atoms. The Morgan fingerprint density at radius 2 is 1.56 bits per heavy atom. The van der Waals surface area contributed by atoms with E-state index in [1.807, 2.05) is 36.4 Å². The number of carbonyl (C=O) groups is 3. The van der Waals surface area contributed by atoms with Crippen molar-refractivity contribution in [1.82, 2.24) is 10.2 Å². The third-order valence-corrected chi connectivity index (χ3v) is 6.81. The minimum absolute atomic E-state index is 0.0422. The van der Waals surface area contributed by atoms with E-state index in [9.17, 15) is 19.5 Å². The van der Waals surface area contributed by atoms with Crippen molar-refractivity contribution in [2.75, 3.05) is 26.2 Å². The van der Waals surface area contributed by atoms with Gasteiger partial charge in [0.05, 0.1) is 18.5 Å². The maximum absolute atomic E-state index is 12.7. The van der Waals surface area contributed by atoms with E-state index in [1.165, 1.54) is 4.90 Å². The number of hydrogen-bond acceptors (Lipinski definition) is 5. The first-order valence-electron chi connectivity index (χ1n) is 10.7. The number of hydrogen-bond donors (Lipinski definition) is 3. The minimum Gasteiger partial charge on any atom is -0.479 e. The second kappa shape index (κ2) is 7.34. The number of benzene rings is 2. The lowest BCUT2D eigenvalue weighted by atomic mass is 9.91. The Kier molecular flexibility index (Phi) is 4.70. The van der Waals surface area contributed by atoms with Crippen LogP contribution in [-0.4, -0.2) is 64.9 Å². The molecule has 0 unspecified atom stereocenters. The summed E-state index contributed by atoms with van der Waals surface area (Å²) < 4.78 is 5.52. The van der Waals surface area contributed by atoms with Crippen LogP contribution in [0.4, 0.5) is 4.79 Å². The molecule has 8 nitrogen and oxygen atoms in total. The number of carbonyl (C=O) groups excluding carboxylic acids is 2. The highest BCUT2D eigenvalue weighted by molar-refractivity contribution is 5.90. The molecular formula is C24H24N2O6. The molecule has 0 radical (unpaired) electrons. The SMILES string of the molecule is O=C(NCC1(C(=O)N2CC(O)(C(=O)O)C2)CC1)OCC1c2ccccc2-c2ccccc21. The maximum atomic E-state index is 12.7. The van der Waals surface area contributed by atoms with Gasteiger partial charge in [-0.15, -0.1) is 0 Å². The van der Waals surface area contributed by atoms with Crippen LogP contribution >= 0.6 is 0 Å². The summed E-state index contributed by atoms with van der Waals surface area (Å²) >= 11 is 0. The van der Waals surface area contributed by atoms with Gasteiger partial charge in [0.25, 0.3) is 0 Å². The molecule has 8 heteroatoms. The number of rotatable bonds is 6. The van der Waals surface area contributed by atoms with E-state index < -0.39 is 23.1 Å². The number of β-amino-alcohol motifs (C(OH)–C–C–N with tert-alkyl or cyclic N) is 1. The number of nitrogens with one attached hydrogen (secondary N) is 1. The second-order valence-electron chi connectivity index (χ2n) is 8.96. The number of carboxylic acid groups (broad SMARTS) is 1. The monoisotopic (exact) mass is 436 g/mol. The van der Waals surface area contributed by atoms with E-state index in [0.717, 1.165) is 22.3 Å². The molecule has 2 aliphatic carbocycles. The number of alkyl carbamates (subject to hydrolysis) is 1. The average Bonchev–Trinajstić information content (AvgIpc) is 3.50. The zero-order valence-electron chi connectivity index (χ0n) is 17.4. The molecule has 0 spiro atoms. The number of ether oxygens (including phenoxy) is 1. The van der Waals surface area contributed by atoms with E-state index in [2.05, 4.69) is 17.4 Å². The molecular weight excluding hydrogens is 412 g/mol. The summed E-state index contributed by atoms with van der Waals surface area (Å²) in [6.07, 6.45) is 0.631. The lowest BCUT2D eigenvalue weighted by molar-refractivity contribution is -0.184. The number of likely N-dealkylation sites (tertiary alicyclic amines) is 1. The molecule has 1 heterocycles. The number of carboxylic acids is 1. The van der Waals surface area contributed by atoms with Gasteiger partial charge in [0.2, 0.25) is 5.91 Å². The van der Waals surface area contributed by atoms with E-state index >= 15 is 0 Å². The first-order chi connectivity index (χ1) is 15.3. The summed E-state index contributed by atoms with van der Waals surface area (Å²) in [4.78, 5) is 37.5. The molecule has 2 aromatic rings. The first-order valence-corrected chi connectivity index (χ1v) is 10.7. The van der Waals surface area contributed by atoms with Gasteiger partial charge in [0.15, 0.2) is 5.60 Å². The van der Waals surface area contributed by atoms with Crippen molar-refractivity contribution in [3.8, 4) is 11.1 Å². The summed E-state index contributed by atoms with van der Waals surface area (Å²) in [7, 11) is 0. The third-order valence-electron chi connectivity index (χ3n) is 6.81. The van der Waals surface area contributed by atoms with Gasteiger partial charge >= 0.3 is 12.1 Å². The molecule has 3 N–H and O–H groups in total. The minimum atomic E-state index is -1.87. The Labute approximate surface area is 184 Å². The highest BCUT2D eigenvalue weighted by atomic mass is 16.5. The fourth-order valence-corrected chi connectivity index (χ4v) is 4.71. The van der Waals surface area contributed by atoms with Gasteiger partial charge in [-0.1, -0.05) is 48.5 Å². The van der Waals surface area contributed by atoms with Crippen LogP contribution in [0.15, 0.2) is 48.5 Å². The fraction of sp³-hybridized carbons (Fsp3) is 0.375. The largest absolute Gasteiger partial charge is 0.479 e. The number of nitrogens with zero attached hydrogens (tertiary/aromatic N) is 1. The summed E-state index contributed by atoms with van der Waals surface area (Å²) in [5, 5.41) is 21.5. The van der Waals surface area contributed by atoms with Crippen LogP contribution in [0, 0.1) is 5.41 Å². The highest BCUT2D eigenvalue weighted by Crippen LogP contribution is 2.48. The average molecular weight is 436 g/mol. The Hall–Kier alpha value is -3.39. The van der Waals surface area contributed by atoms with Crippen molar-refractivity contribution in [2.45, 2.75) is 24.4 Å². The Balaban J connectivity index is 1.16. The van der Waals surface area contributed by atoms with E-state index in [1.54, 1.807) is 0 Å². The molecule has 1 saturated carbocycles. The van der Waals surface area contributed by atoms with Gasteiger partial charge in [-0.2, -0.15) is 0 Å². The molecule has 1 aliphatic heterocycles. The first kappa shape index (κ1) is 20.5. The molecule has 2 aromatic carbocycles. The number of fused-ring (bicyclic) bond motifs is 3. The smallest absolute Gasteiger partial charge is 0.407 e. The lowest BCUT2D eigenvalue weighted by Gasteiger charge is -2.44. The van der Waals surface area contributed by atoms with Crippen molar-refractivity contribution < 1.29 is 29.3 Å². The van der Waals surface area contributed by atoms with Crippen molar-refractivity contribution in [1.29, 1.82) is 0 Å². The molecule has 3 aliphatic rings. The highest BCUT2D eigenvalue weighted by Gasteiger charge is 2.58. The van der Waals surface area contributed by atoms with Crippen LogP contribution in [0.1, 0.15) is 29.9 Å². The van der Waals surface area contributed by atoms with Crippen LogP contribution in [0.3, 0.4) is 0 Å². The topological polar surface area (TPSA) is 116 Å². The summed E-state index contributed by atoms with van der Waals surface area (Å²) in [6.45, 7) is -0.134. The molecule has 0 bridgehead atoms. The quantitative estimate of drug-likeness (QED) is 0.638. The lowest BCUT2D eigenvalue weighted by Crippen LogP contribution is -2.68. The fourth-order valence-electron chi connectivity index (χ4n) is 4.71. The van der Waals surface area contributed by atoms with Gasteiger partial charge in [0.1, 0.15) is 6.61 Å². The summed E-state index contributed by atoms with van der Waals surface area (Å²) in [5.74, 6) is -1.61. The molecule has 2 fully saturated rings. The van der Waals surface area contributed by atoms with Crippen molar-refractivity contribution in [3.05, 3.63) is 59.7 Å². The maximum Gasteiger partial charge on any atom is 0.407 e. The van der Waals surface area contributed by atoms with Gasteiger partial charge in [-0.05, 0) is 35.1 Å². The molecule has 2 amide bonds. The van der Waals surface area contributed by atoms with Crippen LogP contribution in [0.2, 0.25) is 0 Å². The van der Waals surface area contributed by atoms with Crippen LogP contribution in [0.5, 0.6) is 0 Å².